The zero-order valence-corrected chi connectivity index (χ0v) is 5.75. The second-order valence-corrected chi connectivity index (χ2v) is 2.97. The molecule has 0 radical (unpaired) electrons. The van der Waals surface area contributed by atoms with Gasteiger partial charge >= 0.3 is 0 Å². The van der Waals surface area contributed by atoms with Gasteiger partial charge in [0.1, 0.15) is 0 Å². The lowest BCUT2D eigenvalue weighted by Crippen LogP contribution is -2.35. The Morgan fingerprint density at radius 1 is 1.22 bits per heavy atom. The molecule has 3 atom stereocenters. The average molecular weight is 130 g/mol. The summed E-state index contributed by atoms with van der Waals surface area (Å²) in [5, 5.41) is 18.3. The van der Waals surface area contributed by atoms with Crippen molar-refractivity contribution in [2.45, 2.75) is 38.4 Å². The Balaban J connectivity index is 2.41. The smallest absolute Gasteiger partial charge is 0.0824 e. The predicted molar refractivity (Wildman–Crippen MR) is 35.0 cm³/mol. The summed E-state index contributed by atoms with van der Waals surface area (Å²) in [5.74, 6) is 0.286. The fraction of sp³-hybridized carbons (Fsp3) is 1.00. The standard InChI is InChI=1S/C7H14O2/c1-5-3-2-4-6(8)7(5)9/h5-9H,2-4H2,1H3/t5-,6?,7?/m1/s1. The van der Waals surface area contributed by atoms with Crippen LogP contribution in [0.4, 0.5) is 0 Å². The Morgan fingerprint density at radius 3 is 2.33 bits per heavy atom. The van der Waals surface area contributed by atoms with E-state index < -0.39 is 12.2 Å². The quantitative estimate of drug-likeness (QED) is 0.502. The highest BCUT2D eigenvalue weighted by Crippen LogP contribution is 2.23. The van der Waals surface area contributed by atoms with Crippen LogP contribution in [0.25, 0.3) is 0 Å². The summed E-state index contributed by atoms with van der Waals surface area (Å²) in [5.41, 5.74) is 0. The van der Waals surface area contributed by atoms with Crippen LogP contribution in [0.2, 0.25) is 0 Å². The highest BCUT2D eigenvalue weighted by atomic mass is 16.3. The number of hydrogen-bond donors (Lipinski definition) is 2. The van der Waals surface area contributed by atoms with Crippen molar-refractivity contribution in [3.63, 3.8) is 0 Å². The summed E-state index contributed by atoms with van der Waals surface area (Å²) in [4.78, 5) is 0. The molecule has 2 heteroatoms. The first kappa shape index (κ1) is 7.03. The van der Waals surface area contributed by atoms with Crippen molar-refractivity contribution in [1.29, 1.82) is 0 Å². The maximum atomic E-state index is 9.20. The number of hydrogen-bond acceptors (Lipinski definition) is 2. The first-order valence-electron chi connectivity index (χ1n) is 3.58. The highest BCUT2D eigenvalue weighted by molar-refractivity contribution is 4.78. The fourth-order valence-corrected chi connectivity index (χ4v) is 1.37. The van der Waals surface area contributed by atoms with Crippen LogP contribution in [-0.4, -0.2) is 22.4 Å². The van der Waals surface area contributed by atoms with Crippen molar-refractivity contribution in [2.75, 3.05) is 0 Å². The molecule has 2 nitrogen and oxygen atoms in total. The van der Waals surface area contributed by atoms with Gasteiger partial charge in [-0.1, -0.05) is 13.3 Å². The Morgan fingerprint density at radius 2 is 1.89 bits per heavy atom. The molecule has 0 aromatic heterocycles. The lowest BCUT2D eigenvalue weighted by Gasteiger charge is -2.28. The molecular formula is C7H14O2. The van der Waals surface area contributed by atoms with E-state index in [9.17, 15) is 5.11 Å². The summed E-state index contributed by atoms with van der Waals surface area (Å²) in [7, 11) is 0. The van der Waals surface area contributed by atoms with E-state index in [1.54, 1.807) is 0 Å². The zero-order chi connectivity index (χ0) is 6.85. The molecule has 0 amide bonds. The minimum absolute atomic E-state index is 0.286. The molecule has 0 heterocycles. The van der Waals surface area contributed by atoms with E-state index in [0.717, 1.165) is 19.3 Å². The first-order valence-corrected chi connectivity index (χ1v) is 3.58. The number of aliphatic hydroxyl groups is 2. The molecule has 0 bridgehead atoms. The van der Waals surface area contributed by atoms with Gasteiger partial charge in [0.2, 0.25) is 0 Å². The van der Waals surface area contributed by atoms with Gasteiger partial charge in [-0.15, -0.1) is 0 Å². The molecule has 1 rings (SSSR count). The minimum Gasteiger partial charge on any atom is -0.390 e. The van der Waals surface area contributed by atoms with Crippen molar-refractivity contribution in [1.82, 2.24) is 0 Å². The van der Waals surface area contributed by atoms with Gasteiger partial charge in [-0.05, 0) is 18.8 Å². The molecule has 0 saturated heterocycles. The Labute approximate surface area is 55.5 Å². The molecule has 2 unspecified atom stereocenters. The van der Waals surface area contributed by atoms with Crippen LogP contribution in [0.3, 0.4) is 0 Å². The largest absolute Gasteiger partial charge is 0.390 e. The van der Waals surface area contributed by atoms with Crippen LogP contribution < -0.4 is 0 Å². The maximum Gasteiger partial charge on any atom is 0.0824 e. The summed E-state index contributed by atoms with van der Waals surface area (Å²) in [6.07, 6.45) is 1.94. The van der Waals surface area contributed by atoms with E-state index in [1.165, 1.54) is 0 Å². The molecule has 0 aromatic carbocycles. The second kappa shape index (κ2) is 2.67. The Kier molecular flexibility index (Phi) is 2.09. The van der Waals surface area contributed by atoms with Crippen molar-refractivity contribution < 1.29 is 10.2 Å². The predicted octanol–water partition coefficient (Wildman–Crippen LogP) is 0.528. The fourth-order valence-electron chi connectivity index (χ4n) is 1.37. The van der Waals surface area contributed by atoms with E-state index in [0.29, 0.717) is 0 Å². The van der Waals surface area contributed by atoms with Gasteiger partial charge in [0.05, 0.1) is 12.2 Å². The first-order chi connectivity index (χ1) is 4.22. The zero-order valence-electron chi connectivity index (χ0n) is 5.75. The molecule has 1 fully saturated rings. The third-order valence-corrected chi connectivity index (χ3v) is 2.14. The van der Waals surface area contributed by atoms with Crippen molar-refractivity contribution in [2.24, 2.45) is 5.92 Å². The van der Waals surface area contributed by atoms with Crippen LogP contribution >= 0.6 is 0 Å². The van der Waals surface area contributed by atoms with E-state index in [4.69, 9.17) is 5.11 Å². The molecule has 1 aliphatic carbocycles. The van der Waals surface area contributed by atoms with E-state index >= 15 is 0 Å². The van der Waals surface area contributed by atoms with Crippen molar-refractivity contribution in [3.8, 4) is 0 Å². The third kappa shape index (κ3) is 1.43. The van der Waals surface area contributed by atoms with Gasteiger partial charge in [-0.25, -0.2) is 0 Å². The Bertz CT molecular complexity index is 82.9. The summed E-state index contributed by atoms with van der Waals surface area (Å²) < 4.78 is 0. The molecule has 0 aliphatic heterocycles. The van der Waals surface area contributed by atoms with E-state index in [-0.39, 0.29) is 5.92 Å². The molecule has 0 spiro atoms. The van der Waals surface area contributed by atoms with Crippen LogP contribution in [0.1, 0.15) is 26.2 Å². The van der Waals surface area contributed by atoms with Gasteiger partial charge in [0, 0.05) is 0 Å². The van der Waals surface area contributed by atoms with E-state index in [2.05, 4.69) is 0 Å². The summed E-state index contributed by atoms with van der Waals surface area (Å²) in [6.45, 7) is 1.98. The van der Waals surface area contributed by atoms with Gasteiger partial charge in [-0.2, -0.15) is 0 Å². The minimum atomic E-state index is -0.473. The molecule has 1 saturated carbocycles. The SMILES string of the molecule is C[C@@H]1CCCC(O)C1O. The number of rotatable bonds is 0. The number of aliphatic hydroxyl groups excluding tert-OH is 2. The Hall–Kier alpha value is -0.0800. The van der Waals surface area contributed by atoms with E-state index in [1.807, 2.05) is 6.92 Å². The van der Waals surface area contributed by atoms with Crippen LogP contribution in [-0.2, 0) is 0 Å². The average Bonchev–Trinajstić information content (AvgIpc) is 1.83. The van der Waals surface area contributed by atoms with Crippen molar-refractivity contribution >= 4 is 0 Å². The van der Waals surface area contributed by atoms with Gasteiger partial charge < -0.3 is 10.2 Å². The third-order valence-electron chi connectivity index (χ3n) is 2.14. The van der Waals surface area contributed by atoms with Crippen molar-refractivity contribution in [3.05, 3.63) is 0 Å². The van der Waals surface area contributed by atoms with Gasteiger partial charge in [0.25, 0.3) is 0 Å². The summed E-state index contributed by atoms with van der Waals surface area (Å²) >= 11 is 0. The van der Waals surface area contributed by atoms with Crippen LogP contribution in [0.5, 0.6) is 0 Å². The monoisotopic (exact) mass is 130 g/mol. The molecule has 1 aliphatic rings. The molecule has 0 aromatic rings. The maximum absolute atomic E-state index is 9.20. The highest BCUT2D eigenvalue weighted by Gasteiger charge is 2.26. The molecular weight excluding hydrogens is 116 g/mol. The normalized spacial score (nSPS) is 45.0. The molecule has 9 heavy (non-hydrogen) atoms. The second-order valence-electron chi connectivity index (χ2n) is 2.97. The molecule has 54 valence electrons. The lowest BCUT2D eigenvalue weighted by atomic mass is 9.86. The topological polar surface area (TPSA) is 40.5 Å². The molecule has 2 N–H and O–H groups in total. The van der Waals surface area contributed by atoms with Crippen LogP contribution in [0, 0.1) is 5.92 Å². The van der Waals surface area contributed by atoms with Crippen LogP contribution in [0.15, 0.2) is 0 Å². The lowest BCUT2D eigenvalue weighted by molar-refractivity contribution is -0.0391. The summed E-state index contributed by atoms with van der Waals surface area (Å²) in [6, 6.07) is 0. The van der Waals surface area contributed by atoms with Gasteiger partial charge in [0.15, 0.2) is 0 Å². The van der Waals surface area contributed by atoms with Gasteiger partial charge in [-0.3, -0.25) is 0 Å².